The van der Waals surface area contributed by atoms with Crippen LogP contribution in [-0.4, -0.2) is 57.2 Å². The Morgan fingerprint density at radius 3 is 2.41 bits per heavy atom. The van der Waals surface area contributed by atoms with Crippen LogP contribution < -0.4 is 17.0 Å². The van der Waals surface area contributed by atoms with Gasteiger partial charge in [-0.2, -0.15) is 4.57 Å². The van der Waals surface area contributed by atoms with Crippen LogP contribution in [0.25, 0.3) is 0 Å². The highest BCUT2D eigenvalue weighted by atomic mass is 16.6. The lowest BCUT2D eigenvalue weighted by Crippen LogP contribution is -2.46. The first-order chi connectivity index (χ1) is 15.0. The normalized spacial score (nSPS) is 19.2. The highest BCUT2D eigenvalue weighted by molar-refractivity contribution is 5.95. The summed E-state index contributed by atoms with van der Waals surface area (Å²) in [7, 11) is 0. The number of aromatic nitrogens is 2. The number of carbonyl (C=O) groups is 2. The Bertz CT molecular complexity index is 1110. The van der Waals surface area contributed by atoms with Gasteiger partial charge in [0.1, 0.15) is 5.60 Å². The molecule has 2 aromatic rings. The molecule has 2 heterocycles. The van der Waals surface area contributed by atoms with Crippen molar-refractivity contribution >= 4 is 11.9 Å². The van der Waals surface area contributed by atoms with Gasteiger partial charge in [-0.25, -0.2) is 4.79 Å². The van der Waals surface area contributed by atoms with Crippen LogP contribution in [0.5, 0.6) is 0 Å². The van der Waals surface area contributed by atoms with Crippen LogP contribution in [-0.2, 0) is 9.53 Å². The number of nitrogens with two attached hydrogens (primary N) is 1. The molecule has 1 fully saturated rings. The topological polar surface area (TPSA) is 117 Å². The molecule has 172 valence electrons. The number of likely N-dealkylation sites (tertiary alicyclic amines) is 1. The Morgan fingerprint density at radius 1 is 1.16 bits per heavy atom. The molecule has 1 saturated heterocycles. The second-order valence-electron chi connectivity index (χ2n) is 9.11. The number of aryl methyl sites for hydroxylation is 1. The Hall–Kier alpha value is -3.04. The summed E-state index contributed by atoms with van der Waals surface area (Å²) in [5.41, 5.74) is 4.52. The second-order valence-corrected chi connectivity index (χ2v) is 9.11. The summed E-state index contributed by atoms with van der Waals surface area (Å²) in [6, 6.07) is 7.73. The van der Waals surface area contributed by atoms with E-state index in [0.717, 1.165) is 0 Å². The summed E-state index contributed by atoms with van der Waals surface area (Å²) < 4.78 is 7.50. The van der Waals surface area contributed by atoms with Crippen LogP contribution in [0, 0.1) is 6.92 Å². The summed E-state index contributed by atoms with van der Waals surface area (Å²) in [4.78, 5) is 53.0. The molecule has 0 radical (unpaired) electrons. The third-order valence-electron chi connectivity index (χ3n) is 5.43. The van der Waals surface area contributed by atoms with E-state index in [0.29, 0.717) is 24.1 Å². The third kappa shape index (κ3) is 5.05. The number of esters is 1. The lowest BCUT2D eigenvalue weighted by atomic mass is 10.1. The molecule has 0 aliphatic carbocycles. The van der Waals surface area contributed by atoms with Crippen molar-refractivity contribution in [1.82, 2.24) is 14.0 Å². The lowest BCUT2D eigenvalue weighted by Gasteiger charge is -2.25. The van der Waals surface area contributed by atoms with Crippen LogP contribution in [0.1, 0.15) is 49.2 Å². The number of hydrogen-bond donors (Lipinski definition) is 1. The second kappa shape index (κ2) is 9.22. The molecular formula is C23H30N4O5. The first kappa shape index (κ1) is 23.6. The van der Waals surface area contributed by atoms with E-state index in [9.17, 15) is 19.2 Å². The minimum Gasteiger partial charge on any atom is -0.459 e. The van der Waals surface area contributed by atoms with Crippen molar-refractivity contribution in [1.29, 1.82) is 0 Å². The van der Waals surface area contributed by atoms with Gasteiger partial charge in [0.25, 0.3) is 11.5 Å². The smallest absolute Gasteiger partial charge is 0.338 e. The van der Waals surface area contributed by atoms with E-state index in [4.69, 9.17) is 10.5 Å². The van der Waals surface area contributed by atoms with Gasteiger partial charge in [-0.1, -0.05) is 18.2 Å². The molecule has 0 saturated carbocycles. The maximum Gasteiger partial charge on any atom is 0.338 e. The van der Waals surface area contributed by atoms with E-state index >= 15 is 0 Å². The SMILES string of the molecule is Cc1cn([C@@H]2C[C@H](CN)N(CC(=O)OC(C)(C)C)C2)c(=O)n(C(=O)c2ccccc2)c1=O. The molecule has 32 heavy (non-hydrogen) atoms. The molecule has 3 rings (SSSR count). The van der Waals surface area contributed by atoms with Gasteiger partial charge >= 0.3 is 11.7 Å². The number of benzene rings is 1. The van der Waals surface area contributed by atoms with Gasteiger partial charge in [-0.05, 0) is 46.2 Å². The fraction of sp³-hybridized carbons (Fsp3) is 0.478. The van der Waals surface area contributed by atoms with E-state index in [1.807, 2.05) is 4.90 Å². The Kier molecular flexibility index (Phi) is 6.80. The summed E-state index contributed by atoms with van der Waals surface area (Å²) in [6.45, 7) is 7.69. The van der Waals surface area contributed by atoms with Crippen LogP contribution in [0.2, 0.25) is 0 Å². The fourth-order valence-electron chi connectivity index (χ4n) is 3.99. The standard InChI is InChI=1S/C23H30N4O5/c1-15-12-26(22(31)27(20(15)29)21(30)16-8-6-5-7-9-16)18-10-17(11-24)25(13-18)14-19(28)32-23(2,3)4/h5-9,12,17-18H,10-11,13-14,24H2,1-4H3/t17-,18-/m1/s1. The molecule has 9 heteroatoms. The average molecular weight is 443 g/mol. The quantitative estimate of drug-likeness (QED) is 0.685. The van der Waals surface area contributed by atoms with Crippen molar-refractivity contribution in [2.45, 2.75) is 51.8 Å². The minimum atomic E-state index is -0.700. The molecule has 2 atom stereocenters. The monoisotopic (exact) mass is 442 g/mol. The van der Waals surface area contributed by atoms with E-state index in [2.05, 4.69) is 0 Å². The fourth-order valence-corrected chi connectivity index (χ4v) is 3.99. The summed E-state index contributed by atoms with van der Waals surface area (Å²) in [5.74, 6) is -1.04. The Morgan fingerprint density at radius 2 is 1.81 bits per heavy atom. The van der Waals surface area contributed by atoms with Crippen LogP contribution in [0.15, 0.2) is 46.1 Å². The highest BCUT2D eigenvalue weighted by Gasteiger charge is 2.35. The van der Waals surface area contributed by atoms with Crippen molar-refractivity contribution in [3.8, 4) is 0 Å². The Labute approximate surface area is 186 Å². The lowest BCUT2D eigenvalue weighted by molar-refractivity contribution is -0.156. The van der Waals surface area contributed by atoms with E-state index in [-0.39, 0.29) is 35.7 Å². The average Bonchev–Trinajstić information content (AvgIpc) is 3.12. The first-order valence-electron chi connectivity index (χ1n) is 10.6. The number of carbonyl (C=O) groups excluding carboxylic acids is 2. The number of hydrogen-bond acceptors (Lipinski definition) is 7. The zero-order valence-corrected chi connectivity index (χ0v) is 18.9. The van der Waals surface area contributed by atoms with Gasteiger partial charge in [-0.3, -0.25) is 23.9 Å². The van der Waals surface area contributed by atoms with Crippen molar-refractivity contribution in [3.63, 3.8) is 0 Å². The van der Waals surface area contributed by atoms with E-state index in [1.165, 1.54) is 10.8 Å². The first-order valence-corrected chi connectivity index (χ1v) is 10.6. The molecule has 0 spiro atoms. The van der Waals surface area contributed by atoms with Crippen molar-refractivity contribution in [2.24, 2.45) is 5.73 Å². The molecule has 1 aliphatic heterocycles. The van der Waals surface area contributed by atoms with Crippen LogP contribution >= 0.6 is 0 Å². The van der Waals surface area contributed by atoms with Crippen LogP contribution in [0.4, 0.5) is 0 Å². The summed E-state index contributed by atoms with van der Waals surface area (Å²) in [6.07, 6.45) is 1.99. The minimum absolute atomic E-state index is 0.0476. The van der Waals surface area contributed by atoms with E-state index < -0.39 is 22.8 Å². The van der Waals surface area contributed by atoms with Crippen molar-refractivity contribution < 1.29 is 14.3 Å². The predicted octanol–water partition coefficient (Wildman–Crippen LogP) is 0.923. The predicted molar refractivity (Wildman–Crippen MR) is 120 cm³/mol. The summed E-state index contributed by atoms with van der Waals surface area (Å²) >= 11 is 0. The number of nitrogens with zero attached hydrogens (tertiary/aromatic N) is 3. The third-order valence-corrected chi connectivity index (χ3v) is 5.43. The van der Waals surface area contributed by atoms with Gasteiger partial charge in [-0.15, -0.1) is 0 Å². The van der Waals surface area contributed by atoms with Gasteiger partial charge < -0.3 is 10.5 Å². The van der Waals surface area contributed by atoms with Crippen molar-refractivity contribution in [3.05, 3.63) is 68.5 Å². The largest absolute Gasteiger partial charge is 0.459 e. The molecule has 0 unspecified atom stereocenters. The van der Waals surface area contributed by atoms with Gasteiger partial charge in [0.05, 0.1) is 12.6 Å². The van der Waals surface area contributed by atoms with Gasteiger partial charge in [0, 0.05) is 36.5 Å². The highest BCUT2D eigenvalue weighted by Crippen LogP contribution is 2.26. The molecule has 1 aliphatic rings. The maximum absolute atomic E-state index is 13.2. The molecule has 2 N–H and O–H groups in total. The number of ether oxygens (including phenoxy) is 1. The number of rotatable bonds is 5. The molecule has 0 bridgehead atoms. The zero-order valence-electron chi connectivity index (χ0n) is 18.9. The zero-order chi connectivity index (χ0) is 23.6. The summed E-state index contributed by atoms with van der Waals surface area (Å²) in [5, 5.41) is 0. The molecule has 9 nitrogen and oxygen atoms in total. The Balaban J connectivity index is 1.92. The molecular weight excluding hydrogens is 412 g/mol. The van der Waals surface area contributed by atoms with Crippen molar-refractivity contribution in [2.75, 3.05) is 19.6 Å². The van der Waals surface area contributed by atoms with Crippen LogP contribution in [0.3, 0.4) is 0 Å². The molecule has 0 amide bonds. The molecule has 1 aromatic carbocycles. The maximum atomic E-state index is 13.2. The van der Waals surface area contributed by atoms with Gasteiger partial charge in [0.15, 0.2) is 0 Å². The van der Waals surface area contributed by atoms with Gasteiger partial charge in [0.2, 0.25) is 0 Å². The van der Waals surface area contributed by atoms with E-state index in [1.54, 1.807) is 58.0 Å². The molecule has 1 aromatic heterocycles.